The molecule has 1 unspecified atom stereocenters. The zero-order valence-electron chi connectivity index (χ0n) is 8.66. The lowest BCUT2D eigenvalue weighted by atomic mass is 9.84. The molecular formula is C8H11F7O. The molecule has 1 atom stereocenters. The molecule has 8 heteroatoms. The van der Waals surface area contributed by atoms with Crippen LogP contribution >= 0.6 is 0 Å². The summed E-state index contributed by atoms with van der Waals surface area (Å²) >= 11 is 0. The van der Waals surface area contributed by atoms with Gasteiger partial charge in [-0.2, -0.15) is 26.3 Å². The van der Waals surface area contributed by atoms with Gasteiger partial charge in [0.2, 0.25) is 0 Å². The highest BCUT2D eigenvalue weighted by Gasteiger charge is 2.83. The molecule has 1 saturated heterocycles. The second-order valence-electron chi connectivity index (χ2n) is 4.58. The first-order valence-corrected chi connectivity index (χ1v) is 4.15. The average Bonchev–Trinajstić information content (AvgIpc) is 2.07. The molecule has 0 aromatic carbocycles. The summed E-state index contributed by atoms with van der Waals surface area (Å²) in [6.45, 7) is 3.38. The van der Waals surface area contributed by atoms with Gasteiger partial charge in [-0.05, 0) is 5.41 Å². The molecule has 0 aliphatic carbocycles. The van der Waals surface area contributed by atoms with E-state index in [2.05, 4.69) is 4.74 Å². The van der Waals surface area contributed by atoms with Gasteiger partial charge in [0.25, 0.3) is 0 Å². The molecule has 1 aliphatic heterocycles. The third kappa shape index (κ3) is 1.76. The summed E-state index contributed by atoms with van der Waals surface area (Å²) in [4.78, 5) is 0. The molecule has 0 spiro atoms. The van der Waals surface area contributed by atoms with Crippen molar-refractivity contribution in [2.45, 2.75) is 44.8 Å². The molecule has 0 saturated carbocycles. The van der Waals surface area contributed by atoms with E-state index in [-0.39, 0.29) is 4.70 Å². The van der Waals surface area contributed by atoms with Crippen molar-refractivity contribution in [1.29, 1.82) is 0 Å². The highest BCUT2D eigenvalue weighted by molar-refractivity contribution is 5.06. The topological polar surface area (TPSA) is 9.23 Å². The van der Waals surface area contributed by atoms with Crippen molar-refractivity contribution >= 4 is 0 Å². The van der Waals surface area contributed by atoms with Crippen LogP contribution in [-0.2, 0) is 4.74 Å². The predicted octanol–water partition coefficient (Wildman–Crippen LogP) is 3.45. The second kappa shape index (κ2) is 3.48. The largest absolute Gasteiger partial charge is 0.426 e. The summed E-state index contributed by atoms with van der Waals surface area (Å²) < 4.78 is 80.0. The standard InChI is InChI=1S/C8H10F6O.FH/c1-5(2,3)4-6(9,10)7(11,12)8(13,14)15-4;/h4H,1-3H3;1H. The van der Waals surface area contributed by atoms with E-state index in [0.29, 0.717) is 0 Å². The minimum atomic E-state index is -5.47. The van der Waals surface area contributed by atoms with Crippen molar-refractivity contribution in [2.24, 2.45) is 5.41 Å². The quantitative estimate of drug-likeness (QED) is 0.603. The summed E-state index contributed by atoms with van der Waals surface area (Å²) in [5.41, 5.74) is -1.51. The second-order valence-corrected chi connectivity index (χ2v) is 4.58. The van der Waals surface area contributed by atoms with Gasteiger partial charge in [-0.3, -0.25) is 4.70 Å². The Bertz CT molecular complexity index is 268. The van der Waals surface area contributed by atoms with Gasteiger partial charge in [0.1, 0.15) is 6.10 Å². The lowest BCUT2D eigenvalue weighted by molar-refractivity contribution is -0.328. The van der Waals surface area contributed by atoms with Gasteiger partial charge in [-0.25, -0.2) is 0 Å². The van der Waals surface area contributed by atoms with E-state index in [0.717, 1.165) is 20.8 Å². The summed E-state index contributed by atoms with van der Waals surface area (Å²) in [6, 6.07) is 0. The minimum Gasteiger partial charge on any atom is -0.305 e. The van der Waals surface area contributed by atoms with Gasteiger partial charge in [0.05, 0.1) is 0 Å². The monoisotopic (exact) mass is 256 g/mol. The summed E-state index contributed by atoms with van der Waals surface area (Å²) in [6.07, 6.45) is -7.65. The first-order valence-electron chi connectivity index (χ1n) is 4.15. The van der Waals surface area contributed by atoms with Gasteiger partial charge >= 0.3 is 18.0 Å². The van der Waals surface area contributed by atoms with E-state index >= 15 is 0 Å². The molecule has 0 aromatic heterocycles. The molecule has 0 aromatic rings. The smallest absolute Gasteiger partial charge is 0.305 e. The van der Waals surface area contributed by atoms with Crippen LogP contribution in [0.3, 0.4) is 0 Å². The fourth-order valence-corrected chi connectivity index (χ4v) is 1.38. The maximum atomic E-state index is 13.0. The van der Waals surface area contributed by atoms with E-state index < -0.39 is 29.5 Å². The Hall–Kier alpha value is -0.530. The van der Waals surface area contributed by atoms with Crippen molar-refractivity contribution in [3.63, 3.8) is 0 Å². The fraction of sp³-hybridized carbons (Fsp3) is 1.00. The zero-order valence-corrected chi connectivity index (χ0v) is 8.66. The zero-order chi connectivity index (χ0) is 12.3. The summed E-state index contributed by atoms with van der Waals surface area (Å²) in [7, 11) is 0. The molecule has 0 bridgehead atoms. The normalized spacial score (nSPS) is 30.9. The average molecular weight is 256 g/mol. The van der Waals surface area contributed by atoms with Crippen molar-refractivity contribution < 1.29 is 35.8 Å². The molecule has 98 valence electrons. The molecule has 0 radical (unpaired) electrons. The van der Waals surface area contributed by atoms with Crippen molar-refractivity contribution in [2.75, 3.05) is 0 Å². The van der Waals surface area contributed by atoms with Crippen LogP contribution in [0.25, 0.3) is 0 Å². The van der Waals surface area contributed by atoms with Crippen molar-refractivity contribution in [3.8, 4) is 0 Å². The van der Waals surface area contributed by atoms with E-state index in [4.69, 9.17) is 0 Å². The molecule has 16 heavy (non-hydrogen) atoms. The Kier molecular flexibility index (Phi) is 3.36. The highest BCUT2D eigenvalue weighted by Crippen LogP contribution is 2.58. The number of ether oxygens (including phenoxy) is 1. The number of rotatable bonds is 0. The molecule has 1 aliphatic rings. The number of hydrogen-bond donors (Lipinski definition) is 0. The highest BCUT2D eigenvalue weighted by atomic mass is 19.4. The summed E-state index contributed by atoms with van der Waals surface area (Å²) in [5.74, 6) is -10.4. The van der Waals surface area contributed by atoms with Crippen LogP contribution in [0.15, 0.2) is 0 Å². The number of alkyl halides is 6. The minimum absolute atomic E-state index is 0. The van der Waals surface area contributed by atoms with Gasteiger partial charge in [0, 0.05) is 0 Å². The maximum absolute atomic E-state index is 13.0. The SMILES string of the molecule is CC(C)(C)C1OC(F)(F)C(F)(F)C1(F)F.F. The first kappa shape index (κ1) is 15.5. The van der Waals surface area contributed by atoms with E-state index in [1.165, 1.54) is 0 Å². The van der Waals surface area contributed by atoms with Gasteiger partial charge < -0.3 is 4.74 Å². The Morgan fingerprint density at radius 2 is 1.31 bits per heavy atom. The molecular weight excluding hydrogens is 245 g/mol. The Balaban J connectivity index is 0.00000225. The Morgan fingerprint density at radius 3 is 1.44 bits per heavy atom. The van der Waals surface area contributed by atoms with Crippen LogP contribution < -0.4 is 0 Å². The molecule has 1 rings (SSSR count). The van der Waals surface area contributed by atoms with Gasteiger partial charge in [-0.1, -0.05) is 20.8 Å². The Morgan fingerprint density at radius 1 is 0.938 bits per heavy atom. The molecule has 1 nitrogen and oxygen atoms in total. The number of hydrogen-bond acceptors (Lipinski definition) is 1. The lowest BCUT2D eigenvalue weighted by Gasteiger charge is -2.30. The van der Waals surface area contributed by atoms with Crippen LogP contribution in [0.5, 0.6) is 0 Å². The third-order valence-corrected chi connectivity index (χ3v) is 2.17. The van der Waals surface area contributed by atoms with Crippen LogP contribution in [0.2, 0.25) is 0 Å². The molecule has 1 fully saturated rings. The van der Waals surface area contributed by atoms with Crippen molar-refractivity contribution in [1.82, 2.24) is 0 Å². The third-order valence-electron chi connectivity index (χ3n) is 2.17. The van der Waals surface area contributed by atoms with Crippen LogP contribution in [-0.4, -0.2) is 24.1 Å². The van der Waals surface area contributed by atoms with E-state index in [1.54, 1.807) is 0 Å². The van der Waals surface area contributed by atoms with Crippen LogP contribution in [0.1, 0.15) is 20.8 Å². The maximum Gasteiger partial charge on any atom is 0.426 e. The van der Waals surface area contributed by atoms with Crippen LogP contribution in [0, 0.1) is 5.41 Å². The fourth-order valence-electron chi connectivity index (χ4n) is 1.38. The first-order chi connectivity index (χ1) is 6.34. The molecule has 0 amide bonds. The van der Waals surface area contributed by atoms with Crippen LogP contribution in [0.4, 0.5) is 31.0 Å². The van der Waals surface area contributed by atoms with Gasteiger partial charge in [0.15, 0.2) is 0 Å². The predicted molar refractivity (Wildman–Crippen MR) is 41.7 cm³/mol. The Labute approximate surface area is 87.1 Å². The number of halogens is 7. The summed E-state index contributed by atoms with van der Waals surface area (Å²) in [5, 5.41) is 0. The lowest BCUT2D eigenvalue weighted by Crippen LogP contribution is -2.51. The van der Waals surface area contributed by atoms with E-state index in [9.17, 15) is 26.3 Å². The van der Waals surface area contributed by atoms with Crippen molar-refractivity contribution in [3.05, 3.63) is 0 Å². The molecule has 0 N–H and O–H groups in total. The molecule has 1 heterocycles. The van der Waals surface area contributed by atoms with E-state index in [1.807, 2.05) is 0 Å². The van der Waals surface area contributed by atoms with Gasteiger partial charge in [-0.15, -0.1) is 0 Å².